The molecule has 0 radical (unpaired) electrons. The number of benzene rings is 1. The highest BCUT2D eigenvalue weighted by molar-refractivity contribution is 7.89. The van der Waals surface area contributed by atoms with Gasteiger partial charge in [0, 0.05) is 31.6 Å². The number of halogens is 1. The maximum atomic E-state index is 12.7. The van der Waals surface area contributed by atoms with E-state index in [1.54, 1.807) is 6.07 Å². The Hall–Kier alpha value is -1.22. The van der Waals surface area contributed by atoms with E-state index in [9.17, 15) is 13.2 Å². The summed E-state index contributed by atoms with van der Waals surface area (Å²) in [5.41, 5.74) is 5.95. The molecule has 0 spiro atoms. The zero-order valence-electron chi connectivity index (χ0n) is 11.0. The van der Waals surface area contributed by atoms with Crippen LogP contribution in [0.25, 0.3) is 0 Å². The van der Waals surface area contributed by atoms with E-state index in [1.807, 2.05) is 0 Å². The van der Waals surface area contributed by atoms with Crippen LogP contribution in [0, 0.1) is 0 Å². The normalized spacial score (nSPS) is 17.1. The number of thiocarbonyl (C=S) groups is 1. The summed E-state index contributed by atoms with van der Waals surface area (Å²) in [6, 6.07) is 4.38. The quantitative estimate of drug-likeness (QED) is 0.776. The molecule has 6 nitrogen and oxygen atoms in total. The molecule has 3 N–H and O–H groups in total. The van der Waals surface area contributed by atoms with E-state index in [4.69, 9.17) is 29.6 Å². The molecule has 1 aliphatic rings. The molecule has 1 fully saturated rings. The highest BCUT2D eigenvalue weighted by atomic mass is 35.5. The van der Waals surface area contributed by atoms with Crippen LogP contribution in [0.4, 0.5) is 0 Å². The van der Waals surface area contributed by atoms with E-state index < -0.39 is 10.0 Å². The van der Waals surface area contributed by atoms with Gasteiger partial charge in [-0.2, -0.15) is 4.31 Å². The lowest BCUT2D eigenvalue weighted by molar-refractivity contribution is -0.120. The fraction of sp³-hybridized carbons (Fsp3) is 0.333. The van der Waals surface area contributed by atoms with E-state index in [1.165, 1.54) is 16.4 Å². The van der Waals surface area contributed by atoms with Crippen LogP contribution in [0.15, 0.2) is 23.1 Å². The molecule has 9 heteroatoms. The topological polar surface area (TPSA) is 92.5 Å². The summed E-state index contributed by atoms with van der Waals surface area (Å²) in [5.74, 6) is -0.171. The number of rotatable bonds is 3. The molecule has 0 unspecified atom stereocenters. The largest absolute Gasteiger partial charge is 0.389 e. The number of hydrogen-bond donors (Lipinski definition) is 2. The lowest BCUT2D eigenvalue weighted by Crippen LogP contribution is -2.34. The Morgan fingerprint density at radius 2 is 2.10 bits per heavy atom. The Morgan fingerprint density at radius 3 is 2.76 bits per heavy atom. The van der Waals surface area contributed by atoms with Gasteiger partial charge in [0.15, 0.2) is 0 Å². The number of carbonyl (C=O) groups is 1. The van der Waals surface area contributed by atoms with Crippen LogP contribution in [0.1, 0.15) is 12.0 Å². The van der Waals surface area contributed by atoms with Crippen LogP contribution in [0.2, 0.25) is 5.02 Å². The van der Waals surface area contributed by atoms with Gasteiger partial charge in [-0.15, -0.1) is 0 Å². The minimum Gasteiger partial charge on any atom is -0.389 e. The summed E-state index contributed by atoms with van der Waals surface area (Å²) in [5, 5.41) is 2.72. The monoisotopic (exact) mass is 347 g/mol. The number of carbonyl (C=O) groups excluding carboxylic acids is 1. The average molecular weight is 348 g/mol. The van der Waals surface area contributed by atoms with Crippen LogP contribution in [0.3, 0.4) is 0 Å². The maximum Gasteiger partial charge on any atom is 0.244 e. The Bertz CT molecular complexity index is 691. The van der Waals surface area contributed by atoms with Gasteiger partial charge in [-0.1, -0.05) is 29.9 Å². The Morgan fingerprint density at radius 1 is 1.38 bits per heavy atom. The smallest absolute Gasteiger partial charge is 0.244 e. The van der Waals surface area contributed by atoms with Crippen molar-refractivity contribution in [3.63, 3.8) is 0 Å². The molecule has 0 atom stereocenters. The van der Waals surface area contributed by atoms with Gasteiger partial charge in [0.2, 0.25) is 15.9 Å². The third kappa shape index (κ3) is 3.52. The number of nitrogens with two attached hydrogens (primary N) is 1. The molecule has 1 heterocycles. The maximum absolute atomic E-state index is 12.7. The first-order valence-electron chi connectivity index (χ1n) is 6.18. The molecule has 2 rings (SSSR count). The van der Waals surface area contributed by atoms with Gasteiger partial charge < -0.3 is 11.1 Å². The molecule has 0 aliphatic carbocycles. The highest BCUT2D eigenvalue weighted by Crippen LogP contribution is 2.26. The summed E-state index contributed by atoms with van der Waals surface area (Å²) in [6.45, 7) is 0.578. The fourth-order valence-corrected chi connectivity index (χ4v) is 4.05. The summed E-state index contributed by atoms with van der Waals surface area (Å²) < 4.78 is 26.6. The second-order valence-corrected chi connectivity index (χ2v) is 7.27. The SMILES string of the molecule is NC(=S)c1ccc(Cl)c(S(=O)(=O)N2CCNC(=O)CC2)c1. The molecule has 21 heavy (non-hydrogen) atoms. The summed E-state index contributed by atoms with van der Waals surface area (Å²) >= 11 is 10.9. The minimum absolute atomic E-state index is 0.0520. The van der Waals surface area contributed by atoms with Crippen LogP contribution in [-0.4, -0.2) is 43.3 Å². The third-order valence-electron chi connectivity index (χ3n) is 3.11. The van der Waals surface area contributed by atoms with E-state index in [0.29, 0.717) is 5.56 Å². The number of nitrogens with zero attached hydrogens (tertiary/aromatic N) is 1. The van der Waals surface area contributed by atoms with Gasteiger partial charge in [0.05, 0.1) is 5.02 Å². The second-order valence-electron chi connectivity index (χ2n) is 4.51. The van der Waals surface area contributed by atoms with E-state index in [-0.39, 0.29) is 46.9 Å². The molecule has 1 aromatic rings. The van der Waals surface area contributed by atoms with Crippen molar-refractivity contribution in [2.45, 2.75) is 11.3 Å². The van der Waals surface area contributed by atoms with Crippen LogP contribution in [0.5, 0.6) is 0 Å². The molecule has 1 aliphatic heterocycles. The van der Waals surface area contributed by atoms with Crippen molar-refractivity contribution in [1.82, 2.24) is 9.62 Å². The first kappa shape index (κ1) is 16.2. The number of amides is 1. The van der Waals surface area contributed by atoms with Crippen molar-refractivity contribution >= 4 is 44.7 Å². The third-order valence-corrected chi connectivity index (χ3v) is 5.72. The van der Waals surface area contributed by atoms with Gasteiger partial charge in [-0.05, 0) is 12.1 Å². The van der Waals surface area contributed by atoms with Gasteiger partial charge in [0.1, 0.15) is 9.88 Å². The van der Waals surface area contributed by atoms with Gasteiger partial charge in [-0.25, -0.2) is 8.42 Å². The van der Waals surface area contributed by atoms with Gasteiger partial charge >= 0.3 is 0 Å². The fourth-order valence-electron chi connectivity index (χ4n) is 1.98. The second kappa shape index (κ2) is 6.27. The predicted octanol–water partition coefficient (Wildman–Crippen LogP) is 0.485. The Balaban J connectivity index is 2.41. The molecular formula is C12H14ClN3O3S2. The average Bonchev–Trinajstić information content (AvgIpc) is 2.64. The lowest BCUT2D eigenvalue weighted by Gasteiger charge is -2.20. The zero-order chi connectivity index (χ0) is 15.6. The molecule has 0 aromatic heterocycles. The summed E-state index contributed by atoms with van der Waals surface area (Å²) in [7, 11) is -3.80. The van der Waals surface area contributed by atoms with Crippen molar-refractivity contribution in [3.05, 3.63) is 28.8 Å². The molecule has 0 saturated carbocycles. The van der Waals surface area contributed by atoms with Crippen LogP contribution < -0.4 is 11.1 Å². The molecule has 0 bridgehead atoms. The van der Waals surface area contributed by atoms with E-state index in [0.717, 1.165) is 0 Å². The molecule has 1 amide bonds. The van der Waals surface area contributed by atoms with E-state index in [2.05, 4.69) is 5.32 Å². The highest BCUT2D eigenvalue weighted by Gasteiger charge is 2.29. The van der Waals surface area contributed by atoms with Crippen LogP contribution in [-0.2, 0) is 14.8 Å². The van der Waals surface area contributed by atoms with Crippen LogP contribution >= 0.6 is 23.8 Å². The van der Waals surface area contributed by atoms with Gasteiger partial charge in [-0.3, -0.25) is 4.79 Å². The number of hydrogen-bond acceptors (Lipinski definition) is 4. The number of nitrogens with one attached hydrogen (secondary N) is 1. The Kier molecular flexibility index (Phi) is 4.82. The molecular weight excluding hydrogens is 334 g/mol. The summed E-state index contributed by atoms with van der Waals surface area (Å²) in [6.07, 6.45) is 0.117. The molecule has 114 valence electrons. The standard InChI is InChI=1S/C12H14ClN3O3S2/c13-9-2-1-8(12(14)20)7-10(9)21(18,19)16-5-3-11(17)15-4-6-16/h1-2,7H,3-6H2,(H2,14,20)(H,15,17). The van der Waals surface area contributed by atoms with Crippen molar-refractivity contribution < 1.29 is 13.2 Å². The van der Waals surface area contributed by atoms with Crippen molar-refractivity contribution in [2.24, 2.45) is 5.73 Å². The molecule has 1 saturated heterocycles. The lowest BCUT2D eigenvalue weighted by atomic mass is 10.2. The van der Waals surface area contributed by atoms with Gasteiger partial charge in [0.25, 0.3) is 0 Å². The zero-order valence-corrected chi connectivity index (χ0v) is 13.4. The molecule has 1 aromatic carbocycles. The van der Waals surface area contributed by atoms with E-state index >= 15 is 0 Å². The minimum atomic E-state index is -3.80. The predicted molar refractivity (Wildman–Crippen MR) is 83.7 cm³/mol. The first-order chi connectivity index (χ1) is 9.82. The van der Waals surface area contributed by atoms with Crippen molar-refractivity contribution in [3.8, 4) is 0 Å². The Labute approximate surface area is 133 Å². The first-order valence-corrected chi connectivity index (χ1v) is 8.41. The summed E-state index contributed by atoms with van der Waals surface area (Å²) in [4.78, 5) is 11.4. The number of sulfonamides is 1. The van der Waals surface area contributed by atoms with Crippen molar-refractivity contribution in [1.29, 1.82) is 0 Å². The van der Waals surface area contributed by atoms with Crippen molar-refractivity contribution in [2.75, 3.05) is 19.6 Å².